The van der Waals surface area contributed by atoms with Gasteiger partial charge in [0, 0.05) is 6.61 Å². The number of aliphatic hydroxyl groups excluding tert-OH is 1. The van der Waals surface area contributed by atoms with Gasteiger partial charge in [-0.2, -0.15) is 0 Å². The number of aliphatic hydroxyl groups is 2. The summed E-state index contributed by atoms with van der Waals surface area (Å²) in [6, 6.07) is 16.6. The van der Waals surface area contributed by atoms with Crippen LogP contribution in [-0.2, 0) is 0 Å². The standard InChI is InChI=1S/2C7H6O2.C6H14O2/c2*8-7(9)6-4-2-1-3-5-6;1-3-6(2,8)4-5-7/h2*1-5H,(H,8,9);7-8H,3-5H2,1-2H3. The topological polar surface area (TPSA) is 115 Å². The smallest absolute Gasteiger partial charge is 0.335 e. The zero-order valence-electron chi connectivity index (χ0n) is 15.0. The van der Waals surface area contributed by atoms with Crippen molar-refractivity contribution in [1.29, 1.82) is 0 Å². The van der Waals surface area contributed by atoms with Crippen molar-refractivity contribution in [1.82, 2.24) is 0 Å². The molecule has 0 saturated carbocycles. The molecule has 0 heterocycles. The molecule has 0 radical (unpaired) electrons. The molecule has 2 rings (SSSR count). The maximum Gasteiger partial charge on any atom is 0.335 e. The quantitative estimate of drug-likeness (QED) is 0.649. The highest BCUT2D eigenvalue weighted by atomic mass is 16.4. The highest BCUT2D eigenvalue weighted by molar-refractivity contribution is 5.87. The maximum atomic E-state index is 10.2. The Labute approximate surface area is 153 Å². The first-order valence-corrected chi connectivity index (χ1v) is 8.13. The molecule has 0 amide bonds. The largest absolute Gasteiger partial charge is 0.478 e. The van der Waals surface area contributed by atoms with Crippen LogP contribution in [0.15, 0.2) is 60.7 Å². The molecular weight excluding hydrogens is 336 g/mol. The van der Waals surface area contributed by atoms with Gasteiger partial charge < -0.3 is 20.4 Å². The van der Waals surface area contributed by atoms with Gasteiger partial charge in [-0.15, -0.1) is 0 Å². The lowest BCUT2D eigenvalue weighted by Crippen LogP contribution is -2.23. The molecule has 6 heteroatoms. The van der Waals surface area contributed by atoms with E-state index in [1.54, 1.807) is 67.6 Å². The molecule has 26 heavy (non-hydrogen) atoms. The number of carbonyl (C=O) groups is 2. The molecule has 4 N–H and O–H groups in total. The Morgan fingerprint density at radius 3 is 1.35 bits per heavy atom. The molecule has 1 unspecified atom stereocenters. The van der Waals surface area contributed by atoms with Crippen LogP contribution in [0.1, 0.15) is 47.4 Å². The van der Waals surface area contributed by atoms with Crippen molar-refractivity contribution in [2.75, 3.05) is 6.61 Å². The lowest BCUT2D eigenvalue weighted by atomic mass is 10.0. The summed E-state index contributed by atoms with van der Waals surface area (Å²) in [6.07, 6.45) is 1.18. The normalized spacial score (nSPS) is 11.7. The van der Waals surface area contributed by atoms with E-state index in [4.69, 9.17) is 20.4 Å². The van der Waals surface area contributed by atoms with E-state index in [1.807, 2.05) is 6.92 Å². The average molecular weight is 362 g/mol. The van der Waals surface area contributed by atoms with Gasteiger partial charge in [0.25, 0.3) is 0 Å². The molecule has 0 spiro atoms. The molecule has 1 atom stereocenters. The summed E-state index contributed by atoms with van der Waals surface area (Å²) < 4.78 is 0. The number of rotatable bonds is 5. The molecule has 0 fully saturated rings. The van der Waals surface area contributed by atoms with Crippen LogP contribution in [0.3, 0.4) is 0 Å². The van der Waals surface area contributed by atoms with E-state index in [2.05, 4.69) is 0 Å². The van der Waals surface area contributed by atoms with Gasteiger partial charge in [0.15, 0.2) is 0 Å². The van der Waals surface area contributed by atoms with Gasteiger partial charge in [0.1, 0.15) is 0 Å². The van der Waals surface area contributed by atoms with Crippen LogP contribution in [-0.4, -0.2) is 44.6 Å². The van der Waals surface area contributed by atoms with Gasteiger partial charge in [-0.1, -0.05) is 43.3 Å². The van der Waals surface area contributed by atoms with Crippen LogP contribution < -0.4 is 0 Å². The predicted molar refractivity (Wildman–Crippen MR) is 99.4 cm³/mol. The van der Waals surface area contributed by atoms with E-state index in [1.165, 1.54) is 0 Å². The maximum absolute atomic E-state index is 10.2. The van der Waals surface area contributed by atoms with E-state index >= 15 is 0 Å². The van der Waals surface area contributed by atoms with E-state index < -0.39 is 17.5 Å². The minimum atomic E-state index is -0.879. The van der Waals surface area contributed by atoms with Crippen LogP contribution in [0.5, 0.6) is 0 Å². The Morgan fingerprint density at radius 2 is 1.19 bits per heavy atom. The van der Waals surface area contributed by atoms with Gasteiger partial charge in [-0.25, -0.2) is 9.59 Å². The highest BCUT2D eigenvalue weighted by Crippen LogP contribution is 2.11. The fourth-order valence-corrected chi connectivity index (χ4v) is 1.58. The third-order valence-corrected chi connectivity index (χ3v) is 3.45. The van der Waals surface area contributed by atoms with Gasteiger partial charge in [-0.05, 0) is 44.0 Å². The third-order valence-electron chi connectivity index (χ3n) is 3.45. The Hall–Kier alpha value is -2.70. The number of aromatic carboxylic acids is 2. The van der Waals surface area contributed by atoms with Gasteiger partial charge in [0.2, 0.25) is 0 Å². The molecule has 0 aromatic heterocycles. The van der Waals surface area contributed by atoms with E-state index in [9.17, 15) is 9.59 Å². The average Bonchev–Trinajstić information content (AvgIpc) is 2.64. The van der Waals surface area contributed by atoms with Gasteiger partial charge >= 0.3 is 11.9 Å². The molecule has 142 valence electrons. The Balaban J connectivity index is 0.000000362. The van der Waals surface area contributed by atoms with Crippen LogP contribution in [0.25, 0.3) is 0 Å². The highest BCUT2D eigenvalue weighted by Gasteiger charge is 2.15. The van der Waals surface area contributed by atoms with E-state index in [0.29, 0.717) is 24.0 Å². The second-order valence-electron chi connectivity index (χ2n) is 5.67. The first kappa shape index (κ1) is 23.3. The molecular formula is C20H26O6. The van der Waals surface area contributed by atoms with E-state index in [0.717, 1.165) is 0 Å². The van der Waals surface area contributed by atoms with E-state index in [-0.39, 0.29) is 6.61 Å². The molecule has 2 aromatic carbocycles. The number of benzene rings is 2. The minimum absolute atomic E-state index is 0.0703. The fourth-order valence-electron chi connectivity index (χ4n) is 1.58. The number of hydrogen-bond acceptors (Lipinski definition) is 4. The molecule has 0 aliphatic carbocycles. The Morgan fingerprint density at radius 1 is 0.846 bits per heavy atom. The summed E-state index contributed by atoms with van der Waals surface area (Å²) in [4.78, 5) is 20.4. The zero-order chi connectivity index (χ0) is 20.0. The summed E-state index contributed by atoms with van der Waals surface area (Å²) in [5.74, 6) is -1.76. The Bertz CT molecular complexity index is 588. The van der Waals surface area contributed by atoms with Gasteiger partial charge in [-0.3, -0.25) is 0 Å². The first-order chi connectivity index (χ1) is 12.2. The second kappa shape index (κ2) is 12.6. The molecule has 0 aliphatic heterocycles. The molecule has 0 bridgehead atoms. The Kier molecular flexibility index (Phi) is 11.3. The molecule has 0 saturated heterocycles. The van der Waals surface area contributed by atoms with Crippen molar-refractivity contribution in [2.45, 2.75) is 32.3 Å². The molecule has 0 aliphatic rings. The van der Waals surface area contributed by atoms with Crippen molar-refractivity contribution in [3.05, 3.63) is 71.8 Å². The van der Waals surface area contributed by atoms with Crippen molar-refractivity contribution in [2.24, 2.45) is 0 Å². The van der Waals surface area contributed by atoms with Crippen molar-refractivity contribution in [3.63, 3.8) is 0 Å². The summed E-state index contributed by atoms with van der Waals surface area (Å²) in [5.41, 5.74) is 0.00405. The molecule has 6 nitrogen and oxygen atoms in total. The number of carboxylic acid groups (broad SMARTS) is 2. The predicted octanol–water partition coefficient (Wildman–Crippen LogP) is 3.30. The lowest BCUT2D eigenvalue weighted by molar-refractivity contribution is 0.0299. The van der Waals surface area contributed by atoms with Crippen molar-refractivity contribution < 1.29 is 30.0 Å². The fraction of sp³-hybridized carbons (Fsp3) is 0.300. The molecule has 2 aromatic rings. The monoisotopic (exact) mass is 362 g/mol. The minimum Gasteiger partial charge on any atom is -0.478 e. The summed E-state index contributed by atoms with van der Waals surface area (Å²) in [5, 5.41) is 34.3. The van der Waals surface area contributed by atoms with Crippen LogP contribution in [0.4, 0.5) is 0 Å². The van der Waals surface area contributed by atoms with Crippen LogP contribution in [0.2, 0.25) is 0 Å². The lowest BCUT2D eigenvalue weighted by Gasteiger charge is -2.18. The van der Waals surface area contributed by atoms with Crippen LogP contribution >= 0.6 is 0 Å². The van der Waals surface area contributed by atoms with Gasteiger partial charge in [0.05, 0.1) is 16.7 Å². The number of hydrogen-bond donors (Lipinski definition) is 4. The van der Waals surface area contributed by atoms with Crippen LogP contribution in [0, 0.1) is 0 Å². The second-order valence-corrected chi connectivity index (χ2v) is 5.67. The van der Waals surface area contributed by atoms with Crippen molar-refractivity contribution in [3.8, 4) is 0 Å². The third kappa shape index (κ3) is 11.0. The zero-order valence-corrected chi connectivity index (χ0v) is 15.0. The summed E-state index contributed by atoms with van der Waals surface area (Å²) in [6.45, 7) is 3.69. The summed E-state index contributed by atoms with van der Waals surface area (Å²) >= 11 is 0. The summed E-state index contributed by atoms with van der Waals surface area (Å²) in [7, 11) is 0. The van der Waals surface area contributed by atoms with Crippen molar-refractivity contribution >= 4 is 11.9 Å². The number of carboxylic acids is 2. The SMILES string of the molecule is CCC(C)(O)CCO.O=C(O)c1ccccc1.O=C(O)c1ccccc1. The first-order valence-electron chi connectivity index (χ1n) is 8.13.